The number of hydrogen-bond acceptors (Lipinski definition) is 3. The second-order valence-electron chi connectivity index (χ2n) is 6.69. The Morgan fingerprint density at radius 1 is 1.08 bits per heavy atom. The number of carbonyl (C=O) groups excluding carboxylic acids is 1. The van der Waals surface area contributed by atoms with Crippen LogP contribution in [0.3, 0.4) is 0 Å². The molecule has 1 aliphatic carbocycles. The van der Waals surface area contributed by atoms with E-state index in [4.69, 9.17) is 10.5 Å². The van der Waals surface area contributed by atoms with Crippen LogP contribution in [0.5, 0.6) is 5.75 Å². The van der Waals surface area contributed by atoms with Crippen LogP contribution in [-0.4, -0.2) is 18.6 Å². The molecule has 0 radical (unpaired) electrons. The van der Waals surface area contributed by atoms with Gasteiger partial charge >= 0.3 is 0 Å². The Kier molecular flexibility index (Phi) is 7.95. The average molecular weight is 375 g/mol. The number of benzene rings is 2. The van der Waals surface area contributed by atoms with E-state index in [2.05, 4.69) is 17.4 Å². The fraction of sp³-hybridized carbons (Fsp3) is 0.381. The van der Waals surface area contributed by atoms with Gasteiger partial charge in [0.2, 0.25) is 5.91 Å². The number of anilines is 1. The second kappa shape index (κ2) is 10.2. The molecule has 140 valence electrons. The molecule has 0 saturated heterocycles. The topological polar surface area (TPSA) is 64.4 Å². The number of ether oxygens (including phenoxy) is 1. The van der Waals surface area contributed by atoms with Gasteiger partial charge in [-0.1, -0.05) is 48.9 Å². The van der Waals surface area contributed by atoms with Crippen molar-refractivity contribution in [1.82, 2.24) is 0 Å². The van der Waals surface area contributed by atoms with Crippen LogP contribution in [0, 0.1) is 5.92 Å². The number of halogens is 1. The van der Waals surface area contributed by atoms with Gasteiger partial charge in [0.25, 0.3) is 0 Å². The molecule has 0 bridgehead atoms. The Labute approximate surface area is 161 Å². The van der Waals surface area contributed by atoms with Gasteiger partial charge in [0.15, 0.2) is 0 Å². The zero-order valence-electron chi connectivity index (χ0n) is 14.9. The summed E-state index contributed by atoms with van der Waals surface area (Å²) in [6.45, 7) is 0.574. The van der Waals surface area contributed by atoms with Crippen molar-refractivity contribution in [3.63, 3.8) is 0 Å². The van der Waals surface area contributed by atoms with Gasteiger partial charge in [-0.15, -0.1) is 12.4 Å². The Hall–Kier alpha value is -2.04. The van der Waals surface area contributed by atoms with Crippen molar-refractivity contribution in [3.05, 3.63) is 60.2 Å². The maximum Gasteiger partial charge on any atom is 0.224 e. The van der Waals surface area contributed by atoms with Crippen LogP contribution in [0.15, 0.2) is 54.6 Å². The third-order valence-electron chi connectivity index (χ3n) is 4.82. The van der Waals surface area contributed by atoms with Gasteiger partial charge < -0.3 is 15.8 Å². The van der Waals surface area contributed by atoms with E-state index in [1.165, 1.54) is 5.56 Å². The summed E-state index contributed by atoms with van der Waals surface area (Å²) in [5.41, 5.74) is 8.03. The summed E-state index contributed by atoms with van der Waals surface area (Å²) in [5, 5.41) is 2.99. The van der Waals surface area contributed by atoms with E-state index in [1.807, 2.05) is 42.5 Å². The second-order valence-corrected chi connectivity index (χ2v) is 6.69. The predicted molar refractivity (Wildman–Crippen MR) is 108 cm³/mol. The zero-order chi connectivity index (χ0) is 17.5. The monoisotopic (exact) mass is 374 g/mol. The van der Waals surface area contributed by atoms with E-state index in [0.717, 1.165) is 31.4 Å². The average Bonchev–Trinajstić information content (AvgIpc) is 3.02. The highest BCUT2D eigenvalue weighted by molar-refractivity contribution is 5.92. The number of nitrogens with one attached hydrogen (secondary N) is 1. The van der Waals surface area contributed by atoms with Gasteiger partial charge in [0, 0.05) is 18.9 Å². The summed E-state index contributed by atoms with van der Waals surface area (Å²) in [5.74, 6) is 1.02. The fourth-order valence-electron chi connectivity index (χ4n) is 3.38. The molecule has 4 nitrogen and oxygen atoms in total. The van der Waals surface area contributed by atoms with Crippen LogP contribution in [0.25, 0.3) is 0 Å². The Balaban J connectivity index is 0.00000243. The lowest BCUT2D eigenvalue weighted by Gasteiger charge is -2.16. The molecular weight excluding hydrogens is 348 g/mol. The van der Waals surface area contributed by atoms with E-state index in [1.54, 1.807) is 0 Å². The lowest BCUT2D eigenvalue weighted by atomic mass is 10.00. The molecule has 3 rings (SSSR count). The maximum atomic E-state index is 12.3. The maximum absolute atomic E-state index is 12.3. The van der Waals surface area contributed by atoms with Crippen molar-refractivity contribution < 1.29 is 9.53 Å². The number of carbonyl (C=O) groups is 1. The first-order valence-electron chi connectivity index (χ1n) is 9.03. The first-order valence-corrected chi connectivity index (χ1v) is 9.03. The molecule has 0 aromatic heterocycles. The highest BCUT2D eigenvalue weighted by atomic mass is 35.5. The Morgan fingerprint density at radius 2 is 1.81 bits per heavy atom. The first kappa shape index (κ1) is 20.3. The van der Waals surface area contributed by atoms with Crippen molar-refractivity contribution >= 4 is 24.0 Å². The minimum absolute atomic E-state index is 0. The molecule has 0 spiro atoms. The summed E-state index contributed by atoms with van der Waals surface area (Å²) in [6, 6.07) is 18.0. The highest BCUT2D eigenvalue weighted by Gasteiger charge is 2.26. The fourth-order valence-corrected chi connectivity index (χ4v) is 3.38. The summed E-state index contributed by atoms with van der Waals surface area (Å²) >= 11 is 0. The normalized spacial score (nSPS) is 18.8. The van der Waals surface area contributed by atoms with Gasteiger partial charge in [0.05, 0.1) is 12.3 Å². The third kappa shape index (κ3) is 5.75. The van der Waals surface area contributed by atoms with Crippen LogP contribution in [-0.2, 0) is 11.2 Å². The van der Waals surface area contributed by atoms with Crippen LogP contribution in [0.4, 0.5) is 5.69 Å². The molecule has 5 heteroatoms. The first-order chi connectivity index (χ1) is 12.2. The minimum atomic E-state index is 0. The standard InChI is InChI=1S/C21H26N2O2.ClH/c22-18-10-6-9-17(18)15-21(24)23-19-11-4-5-12-20(19)25-14-13-16-7-2-1-3-8-16;/h1-5,7-8,11-12,17-18H,6,9-10,13-15,22H2,(H,23,24);1H/t17-,18+;/m0./s1. The van der Waals surface area contributed by atoms with Crippen molar-refractivity contribution in [3.8, 4) is 5.75 Å². The molecule has 1 fully saturated rings. The minimum Gasteiger partial charge on any atom is -0.491 e. The molecule has 2 aromatic rings. The van der Waals surface area contributed by atoms with Crippen LogP contribution in [0.2, 0.25) is 0 Å². The molecule has 0 aliphatic heterocycles. The van der Waals surface area contributed by atoms with Crippen molar-refractivity contribution in [2.24, 2.45) is 11.7 Å². The summed E-state index contributed by atoms with van der Waals surface area (Å²) in [4.78, 5) is 12.3. The Bertz CT molecular complexity index is 693. The molecule has 2 atom stereocenters. The molecular formula is C21H27ClN2O2. The van der Waals surface area contributed by atoms with Gasteiger partial charge in [0.1, 0.15) is 5.75 Å². The molecule has 3 N–H and O–H groups in total. The van der Waals surface area contributed by atoms with Crippen LogP contribution < -0.4 is 15.8 Å². The summed E-state index contributed by atoms with van der Waals surface area (Å²) in [7, 11) is 0. The van der Waals surface area contributed by atoms with Gasteiger partial charge in [-0.05, 0) is 36.5 Å². The van der Waals surface area contributed by atoms with Gasteiger partial charge in [-0.3, -0.25) is 4.79 Å². The smallest absolute Gasteiger partial charge is 0.224 e. The van der Waals surface area contributed by atoms with E-state index in [-0.39, 0.29) is 24.4 Å². The van der Waals surface area contributed by atoms with Crippen molar-refractivity contribution in [2.75, 3.05) is 11.9 Å². The summed E-state index contributed by atoms with van der Waals surface area (Å²) < 4.78 is 5.89. The summed E-state index contributed by atoms with van der Waals surface area (Å²) in [6.07, 6.45) is 4.51. The van der Waals surface area contributed by atoms with Crippen molar-refractivity contribution in [1.29, 1.82) is 0 Å². The molecule has 1 aliphatic rings. The molecule has 1 amide bonds. The quantitative estimate of drug-likeness (QED) is 0.763. The van der Waals surface area contributed by atoms with E-state index >= 15 is 0 Å². The van der Waals surface area contributed by atoms with Crippen LogP contribution >= 0.6 is 12.4 Å². The zero-order valence-corrected chi connectivity index (χ0v) is 15.7. The SMILES string of the molecule is Cl.N[C@@H]1CCC[C@H]1CC(=O)Nc1ccccc1OCCc1ccccc1. The lowest BCUT2D eigenvalue weighted by molar-refractivity contribution is -0.117. The van der Waals surface area contributed by atoms with E-state index < -0.39 is 0 Å². The molecule has 26 heavy (non-hydrogen) atoms. The van der Waals surface area contributed by atoms with Gasteiger partial charge in [-0.2, -0.15) is 0 Å². The number of rotatable bonds is 7. The predicted octanol–water partition coefficient (Wildman–Crippen LogP) is 4.19. The third-order valence-corrected chi connectivity index (χ3v) is 4.82. The number of nitrogens with two attached hydrogens (primary N) is 1. The van der Waals surface area contributed by atoms with Crippen LogP contribution in [0.1, 0.15) is 31.2 Å². The van der Waals surface area contributed by atoms with E-state index in [9.17, 15) is 4.79 Å². The number of hydrogen-bond donors (Lipinski definition) is 2. The molecule has 0 unspecified atom stereocenters. The molecule has 0 heterocycles. The molecule has 2 aromatic carbocycles. The number of amides is 1. The lowest BCUT2D eigenvalue weighted by Crippen LogP contribution is -2.28. The highest BCUT2D eigenvalue weighted by Crippen LogP contribution is 2.28. The Morgan fingerprint density at radius 3 is 2.54 bits per heavy atom. The van der Waals surface area contributed by atoms with Crippen molar-refractivity contribution in [2.45, 2.75) is 38.1 Å². The van der Waals surface area contributed by atoms with E-state index in [0.29, 0.717) is 24.7 Å². The number of para-hydroxylation sites is 2. The largest absolute Gasteiger partial charge is 0.491 e. The molecule has 1 saturated carbocycles. The van der Waals surface area contributed by atoms with Gasteiger partial charge in [-0.25, -0.2) is 0 Å².